The second-order valence-corrected chi connectivity index (χ2v) is 8.52. The Kier molecular flexibility index (Phi) is 11.9. The van der Waals surface area contributed by atoms with Gasteiger partial charge in [-0.25, -0.2) is 0 Å². The zero-order chi connectivity index (χ0) is 17.9. The Balaban J connectivity index is 0.00000149. The molecular weight excluding hydrogens is 324 g/mol. The molecule has 0 aromatic rings. The standard InChI is InChI=1S/C16H30N2O2.2CH3.Ti/c1-5-12(3)16(13(4)6-2)8-14(17-10-19)7-15(9-16)18-11-20;;;/h10-15H,5-9H2,1-4H3,(H,17,19)(H,18,20);2*1H3;. The van der Waals surface area contributed by atoms with E-state index in [-0.39, 0.29) is 17.5 Å². The molecule has 1 saturated carbocycles. The fourth-order valence-corrected chi connectivity index (χ4v) is 4.06. The molecule has 0 heterocycles. The molecule has 0 saturated heterocycles. The van der Waals surface area contributed by atoms with Gasteiger partial charge in [0.1, 0.15) is 0 Å². The molecule has 5 heteroatoms. The molecule has 2 N–H and O–H groups in total. The summed E-state index contributed by atoms with van der Waals surface area (Å²) in [6, 6.07) is 0.336. The first-order valence-electron chi connectivity index (χ1n) is 8.93. The monoisotopic (exact) mass is 360 g/mol. The van der Waals surface area contributed by atoms with Gasteiger partial charge in [0.05, 0.1) is 0 Å². The van der Waals surface area contributed by atoms with E-state index in [4.69, 9.17) is 0 Å². The summed E-state index contributed by atoms with van der Waals surface area (Å²) in [4.78, 5) is 21.7. The van der Waals surface area contributed by atoms with Crippen LogP contribution in [0.1, 0.15) is 59.8 Å². The quantitative estimate of drug-likeness (QED) is 0.513. The van der Waals surface area contributed by atoms with Gasteiger partial charge in [0.25, 0.3) is 0 Å². The molecular formula is C18H36N2O2Ti. The first kappa shape index (κ1) is 22.7. The van der Waals surface area contributed by atoms with E-state index in [9.17, 15) is 9.59 Å². The molecule has 0 aromatic carbocycles. The average molecular weight is 360 g/mol. The van der Waals surface area contributed by atoms with Crippen molar-refractivity contribution in [2.45, 2.75) is 82.3 Å². The number of carbonyl (C=O) groups excluding carboxylic acids is 2. The van der Waals surface area contributed by atoms with Crippen molar-refractivity contribution in [3.63, 3.8) is 0 Å². The molecule has 134 valence electrons. The number of carbonyl (C=O) groups is 2. The maximum absolute atomic E-state index is 10.8. The van der Waals surface area contributed by atoms with Gasteiger partial charge in [0.2, 0.25) is 12.8 Å². The Morgan fingerprint density at radius 3 is 1.61 bits per heavy atom. The molecule has 0 aliphatic heterocycles. The molecule has 1 fully saturated rings. The van der Waals surface area contributed by atoms with Gasteiger partial charge in [-0.15, -0.1) is 0 Å². The third-order valence-corrected chi connectivity index (χ3v) is 5.62. The van der Waals surface area contributed by atoms with E-state index in [0.717, 1.165) is 44.9 Å². The molecule has 0 spiro atoms. The molecule has 1 rings (SSSR count). The van der Waals surface area contributed by atoms with Crippen molar-refractivity contribution in [3.05, 3.63) is 0 Å². The van der Waals surface area contributed by atoms with E-state index >= 15 is 0 Å². The third kappa shape index (κ3) is 6.58. The van der Waals surface area contributed by atoms with Gasteiger partial charge >= 0.3 is 29.6 Å². The summed E-state index contributed by atoms with van der Waals surface area (Å²) in [5.74, 6) is 1.18. The summed E-state index contributed by atoms with van der Waals surface area (Å²) >= 11 is 0.500. The van der Waals surface area contributed by atoms with Crippen LogP contribution in [0.4, 0.5) is 0 Å². The second kappa shape index (κ2) is 12.1. The van der Waals surface area contributed by atoms with Crippen molar-refractivity contribution in [1.82, 2.24) is 10.6 Å². The van der Waals surface area contributed by atoms with Crippen LogP contribution in [0.25, 0.3) is 0 Å². The van der Waals surface area contributed by atoms with E-state index in [1.807, 2.05) is 0 Å². The summed E-state index contributed by atoms with van der Waals surface area (Å²) in [6.45, 7) is 9.09. The molecule has 1 aliphatic carbocycles. The van der Waals surface area contributed by atoms with Gasteiger partial charge < -0.3 is 10.6 Å². The number of hydrogen-bond acceptors (Lipinski definition) is 2. The zero-order valence-corrected chi connectivity index (χ0v) is 17.4. The van der Waals surface area contributed by atoms with Crippen molar-refractivity contribution in [3.8, 4) is 0 Å². The Hall–Kier alpha value is -0.346. The van der Waals surface area contributed by atoms with Crippen LogP contribution in [0.15, 0.2) is 0 Å². The van der Waals surface area contributed by atoms with Gasteiger partial charge in [-0.05, 0) is 36.5 Å². The molecule has 0 bridgehead atoms. The van der Waals surface area contributed by atoms with Crippen LogP contribution in [-0.4, -0.2) is 24.9 Å². The van der Waals surface area contributed by atoms with Crippen LogP contribution < -0.4 is 10.6 Å². The molecule has 4 unspecified atom stereocenters. The maximum atomic E-state index is 10.8. The minimum absolute atomic E-state index is 0.168. The first-order chi connectivity index (χ1) is 10.9. The van der Waals surface area contributed by atoms with Crippen LogP contribution in [-0.2, 0) is 28.7 Å². The van der Waals surface area contributed by atoms with Crippen molar-refractivity contribution in [1.29, 1.82) is 0 Å². The van der Waals surface area contributed by atoms with Gasteiger partial charge in [0, 0.05) is 12.1 Å². The Labute approximate surface area is 151 Å². The van der Waals surface area contributed by atoms with Crippen LogP contribution in [0.2, 0.25) is 10.5 Å². The second-order valence-electron chi connectivity index (χ2n) is 6.96. The molecule has 1 aliphatic rings. The van der Waals surface area contributed by atoms with Gasteiger partial charge in [-0.1, -0.05) is 40.5 Å². The van der Waals surface area contributed by atoms with Crippen LogP contribution in [0.3, 0.4) is 0 Å². The van der Waals surface area contributed by atoms with Gasteiger partial charge in [-0.2, -0.15) is 0 Å². The summed E-state index contributed by atoms with van der Waals surface area (Å²) in [5.41, 5.74) is 0.198. The molecule has 0 aromatic heterocycles. The van der Waals surface area contributed by atoms with Crippen LogP contribution >= 0.6 is 0 Å². The Bertz CT molecular complexity index is 309. The van der Waals surface area contributed by atoms with E-state index in [1.54, 1.807) is 0 Å². The molecule has 4 atom stereocenters. The number of rotatable bonds is 8. The number of nitrogens with one attached hydrogen (secondary N) is 2. The summed E-state index contributed by atoms with van der Waals surface area (Å²) in [5, 5.41) is 10.4. The number of amides is 2. The third-order valence-electron chi connectivity index (χ3n) is 5.62. The van der Waals surface area contributed by atoms with Gasteiger partial charge in [-0.3, -0.25) is 9.59 Å². The van der Waals surface area contributed by atoms with Crippen molar-refractivity contribution in [2.75, 3.05) is 0 Å². The first-order valence-corrected chi connectivity index (χ1v) is 12.1. The van der Waals surface area contributed by atoms with E-state index in [1.165, 1.54) is 0 Å². The molecule has 4 nitrogen and oxygen atoms in total. The summed E-state index contributed by atoms with van der Waals surface area (Å²) in [6.07, 6.45) is 6.74. The van der Waals surface area contributed by atoms with Crippen molar-refractivity contribution < 1.29 is 28.7 Å². The summed E-state index contributed by atoms with van der Waals surface area (Å²) < 4.78 is 0. The SMILES string of the molecule is CCC(C)C1(C(C)CC)CC(NC=O)CC(NC=O)C1.[CH3][Ti][CH3]. The molecule has 23 heavy (non-hydrogen) atoms. The Morgan fingerprint density at radius 2 is 1.35 bits per heavy atom. The van der Waals surface area contributed by atoms with E-state index in [2.05, 4.69) is 48.8 Å². The van der Waals surface area contributed by atoms with Crippen LogP contribution in [0, 0.1) is 17.3 Å². The van der Waals surface area contributed by atoms with Crippen molar-refractivity contribution in [2.24, 2.45) is 17.3 Å². The van der Waals surface area contributed by atoms with E-state index < -0.39 is 0 Å². The zero-order valence-electron chi connectivity index (χ0n) is 15.8. The average Bonchev–Trinajstić information content (AvgIpc) is 2.54. The van der Waals surface area contributed by atoms with Crippen molar-refractivity contribution >= 4 is 12.8 Å². The van der Waals surface area contributed by atoms with Crippen LogP contribution in [0.5, 0.6) is 0 Å². The molecule has 0 radical (unpaired) electrons. The van der Waals surface area contributed by atoms with E-state index in [0.29, 0.717) is 31.0 Å². The fourth-order valence-electron chi connectivity index (χ4n) is 4.06. The topological polar surface area (TPSA) is 58.2 Å². The summed E-state index contributed by atoms with van der Waals surface area (Å²) in [7, 11) is 0. The van der Waals surface area contributed by atoms with Gasteiger partial charge in [0.15, 0.2) is 0 Å². The Morgan fingerprint density at radius 1 is 1.00 bits per heavy atom. The molecule has 2 amide bonds. The normalized spacial score (nSPS) is 29.3. The number of hydrogen-bond donors (Lipinski definition) is 2. The predicted molar refractivity (Wildman–Crippen MR) is 92.9 cm³/mol. The fraction of sp³-hybridized carbons (Fsp3) is 0.889. The minimum atomic E-state index is 0.168. The predicted octanol–water partition coefficient (Wildman–Crippen LogP) is 3.64.